The molecule has 2 amide bonds. The third-order valence-corrected chi connectivity index (χ3v) is 6.07. The first-order valence-corrected chi connectivity index (χ1v) is 10.7. The number of nitrogens with one attached hydrogen (secondary N) is 2. The van der Waals surface area contributed by atoms with E-state index >= 15 is 0 Å². The maximum Gasteiger partial charge on any atom is 0.318 e. The number of hydrogen-bond acceptors (Lipinski definition) is 2. The summed E-state index contributed by atoms with van der Waals surface area (Å²) in [6.07, 6.45) is 0.705. The number of benzene rings is 3. The quantitative estimate of drug-likeness (QED) is 0.470. The number of nitrogens with zero attached hydrogens (tertiary/aromatic N) is 1. The maximum atomic E-state index is 14.9. The fourth-order valence-corrected chi connectivity index (χ4v) is 4.54. The number of carbonyl (C=O) groups is 1. The summed E-state index contributed by atoms with van der Waals surface area (Å²) >= 11 is 0. The zero-order chi connectivity index (χ0) is 22.1. The highest BCUT2D eigenvalue weighted by Crippen LogP contribution is 2.39. The number of fused-ring (bicyclic) bond motifs is 3. The number of rotatable bonds is 4. The number of urea groups is 1. The molecular formula is C26H24FN3O2. The lowest BCUT2D eigenvalue weighted by molar-refractivity contribution is 0.177. The van der Waals surface area contributed by atoms with Gasteiger partial charge in [-0.3, -0.25) is 0 Å². The molecule has 4 aromatic rings. The number of ether oxygens (including phenoxy) is 1. The Morgan fingerprint density at radius 2 is 1.94 bits per heavy atom. The molecule has 2 heterocycles. The zero-order valence-corrected chi connectivity index (χ0v) is 17.8. The molecule has 5 nitrogen and oxygen atoms in total. The molecule has 1 atom stereocenters. The highest BCUT2D eigenvalue weighted by atomic mass is 19.1. The zero-order valence-electron chi connectivity index (χ0n) is 17.8. The number of aromatic nitrogens is 1. The lowest BCUT2D eigenvalue weighted by atomic mass is 9.92. The molecule has 0 aliphatic carbocycles. The van der Waals surface area contributed by atoms with Crippen LogP contribution >= 0.6 is 0 Å². The summed E-state index contributed by atoms with van der Waals surface area (Å²) in [5, 5.41) is 4.12. The summed E-state index contributed by atoms with van der Waals surface area (Å²) < 4.78 is 20.2. The summed E-state index contributed by atoms with van der Waals surface area (Å²) in [5.41, 5.74) is 4.43. The van der Waals surface area contributed by atoms with Gasteiger partial charge in [-0.25, -0.2) is 9.18 Å². The second-order valence-corrected chi connectivity index (χ2v) is 7.94. The topological polar surface area (TPSA) is 57.4 Å². The Kier molecular flexibility index (Phi) is 5.27. The predicted octanol–water partition coefficient (Wildman–Crippen LogP) is 5.17. The molecule has 0 bridgehead atoms. The third-order valence-electron chi connectivity index (χ3n) is 6.07. The van der Waals surface area contributed by atoms with Gasteiger partial charge in [-0.2, -0.15) is 0 Å². The number of H-pyrrole nitrogens is 1. The van der Waals surface area contributed by atoms with Gasteiger partial charge in [-0.05, 0) is 41.8 Å². The van der Waals surface area contributed by atoms with Crippen LogP contribution in [0.15, 0.2) is 72.8 Å². The van der Waals surface area contributed by atoms with Crippen molar-refractivity contribution in [1.82, 2.24) is 15.2 Å². The van der Waals surface area contributed by atoms with Crippen molar-refractivity contribution in [3.63, 3.8) is 0 Å². The number of halogens is 1. The van der Waals surface area contributed by atoms with Crippen LogP contribution in [0.3, 0.4) is 0 Å². The van der Waals surface area contributed by atoms with E-state index in [4.69, 9.17) is 4.74 Å². The molecule has 162 valence electrons. The first-order valence-electron chi connectivity index (χ1n) is 10.7. The van der Waals surface area contributed by atoms with Gasteiger partial charge in [0.1, 0.15) is 17.6 Å². The SMILES string of the molecule is COc1cccc(CNC(=O)N2CCc3c([nH]c4ccccc34)[C@H]2c2ccccc2F)c1. The fourth-order valence-electron chi connectivity index (χ4n) is 4.54. The molecule has 0 spiro atoms. The van der Waals surface area contributed by atoms with Gasteiger partial charge in [0.2, 0.25) is 0 Å². The van der Waals surface area contributed by atoms with E-state index in [1.54, 1.807) is 24.1 Å². The monoisotopic (exact) mass is 429 g/mol. The van der Waals surface area contributed by atoms with Gasteiger partial charge in [0.25, 0.3) is 0 Å². The summed E-state index contributed by atoms with van der Waals surface area (Å²) in [7, 11) is 1.61. The van der Waals surface area contributed by atoms with E-state index in [-0.39, 0.29) is 11.8 Å². The Balaban J connectivity index is 1.49. The van der Waals surface area contributed by atoms with E-state index in [0.29, 0.717) is 25.1 Å². The number of hydrogen-bond donors (Lipinski definition) is 2. The Morgan fingerprint density at radius 3 is 2.78 bits per heavy atom. The lowest BCUT2D eigenvalue weighted by Gasteiger charge is -2.36. The number of carbonyl (C=O) groups excluding carboxylic acids is 1. The van der Waals surface area contributed by atoms with Gasteiger partial charge in [-0.1, -0.05) is 48.5 Å². The molecular weight excluding hydrogens is 405 g/mol. The second kappa shape index (κ2) is 8.38. The van der Waals surface area contributed by atoms with E-state index in [1.807, 2.05) is 48.5 Å². The maximum absolute atomic E-state index is 14.9. The van der Waals surface area contributed by atoms with Crippen LogP contribution in [0.2, 0.25) is 0 Å². The number of methoxy groups -OCH3 is 1. The average Bonchev–Trinajstić information content (AvgIpc) is 3.21. The second-order valence-electron chi connectivity index (χ2n) is 7.94. The van der Waals surface area contributed by atoms with E-state index in [2.05, 4.69) is 16.4 Å². The number of amides is 2. The molecule has 6 heteroatoms. The van der Waals surface area contributed by atoms with Crippen LogP contribution in [0.5, 0.6) is 5.75 Å². The van der Waals surface area contributed by atoms with Gasteiger partial charge < -0.3 is 19.9 Å². The third kappa shape index (κ3) is 3.58. The Hall–Kier alpha value is -3.80. The fraction of sp³-hybridized carbons (Fsp3) is 0.192. The summed E-state index contributed by atoms with van der Waals surface area (Å²) in [6.45, 7) is 0.855. The van der Waals surface area contributed by atoms with Crippen LogP contribution < -0.4 is 10.1 Å². The molecule has 3 aromatic carbocycles. The summed E-state index contributed by atoms with van der Waals surface area (Å²) in [6, 6.07) is 21.5. The normalized spacial score (nSPS) is 15.4. The molecule has 0 radical (unpaired) electrons. The molecule has 5 rings (SSSR count). The highest BCUT2D eigenvalue weighted by Gasteiger charge is 2.35. The molecule has 0 saturated heterocycles. The largest absolute Gasteiger partial charge is 0.497 e. The van der Waals surface area contributed by atoms with Gasteiger partial charge in [0.05, 0.1) is 7.11 Å². The first-order chi connectivity index (χ1) is 15.7. The van der Waals surface area contributed by atoms with Crippen LogP contribution in [0.25, 0.3) is 10.9 Å². The Bertz CT molecular complexity index is 1280. The molecule has 1 aromatic heterocycles. The van der Waals surface area contributed by atoms with Crippen LogP contribution in [0, 0.1) is 5.82 Å². The van der Waals surface area contributed by atoms with Crippen molar-refractivity contribution in [2.24, 2.45) is 0 Å². The predicted molar refractivity (Wildman–Crippen MR) is 122 cm³/mol. The number of aromatic amines is 1. The van der Waals surface area contributed by atoms with Crippen molar-refractivity contribution in [1.29, 1.82) is 0 Å². The molecule has 1 aliphatic heterocycles. The van der Waals surface area contributed by atoms with E-state index in [9.17, 15) is 9.18 Å². The molecule has 0 unspecified atom stereocenters. The van der Waals surface area contributed by atoms with Crippen molar-refractivity contribution < 1.29 is 13.9 Å². The summed E-state index contributed by atoms with van der Waals surface area (Å²) in [5.74, 6) is 0.413. The Morgan fingerprint density at radius 1 is 1.12 bits per heavy atom. The van der Waals surface area contributed by atoms with Crippen molar-refractivity contribution in [3.8, 4) is 5.75 Å². The van der Waals surface area contributed by atoms with Crippen molar-refractivity contribution >= 4 is 16.9 Å². The molecule has 2 N–H and O–H groups in total. The summed E-state index contributed by atoms with van der Waals surface area (Å²) in [4.78, 5) is 18.5. The van der Waals surface area contributed by atoms with Crippen LogP contribution in [-0.2, 0) is 13.0 Å². The minimum Gasteiger partial charge on any atom is -0.497 e. The van der Waals surface area contributed by atoms with Crippen LogP contribution in [-0.4, -0.2) is 29.6 Å². The van der Waals surface area contributed by atoms with Gasteiger partial charge in [-0.15, -0.1) is 0 Å². The Labute approximate surface area is 185 Å². The van der Waals surface area contributed by atoms with Crippen LogP contribution in [0.4, 0.5) is 9.18 Å². The molecule has 32 heavy (non-hydrogen) atoms. The van der Waals surface area contributed by atoms with Gasteiger partial charge in [0, 0.05) is 35.2 Å². The minimum atomic E-state index is -0.530. The standard InChI is InChI=1S/C26H24FN3O2/c1-32-18-8-6-7-17(15-18)16-28-26(31)30-14-13-20-19-9-3-5-12-23(19)29-24(20)25(30)21-10-2-4-11-22(21)27/h2-12,15,25,29H,13-14,16H2,1H3,(H,28,31)/t25-/m1/s1. The van der Waals surface area contributed by atoms with Gasteiger partial charge in [0.15, 0.2) is 0 Å². The molecule has 0 saturated carbocycles. The number of para-hydroxylation sites is 1. The average molecular weight is 429 g/mol. The smallest absolute Gasteiger partial charge is 0.318 e. The van der Waals surface area contributed by atoms with E-state index < -0.39 is 6.04 Å². The van der Waals surface area contributed by atoms with Crippen molar-refractivity contribution in [3.05, 3.63) is 101 Å². The van der Waals surface area contributed by atoms with Crippen molar-refractivity contribution in [2.45, 2.75) is 19.0 Å². The van der Waals surface area contributed by atoms with Gasteiger partial charge >= 0.3 is 6.03 Å². The van der Waals surface area contributed by atoms with Crippen LogP contribution in [0.1, 0.15) is 28.4 Å². The molecule has 1 aliphatic rings. The first kappa shape index (κ1) is 20.1. The van der Waals surface area contributed by atoms with Crippen molar-refractivity contribution in [2.75, 3.05) is 13.7 Å². The molecule has 0 fully saturated rings. The van der Waals surface area contributed by atoms with E-state index in [0.717, 1.165) is 33.5 Å². The highest BCUT2D eigenvalue weighted by molar-refractivity contribution is 5.86. The minimum absolute atomic E-state index is 0.231. The lowest BCUT2D eigenvalue weighted by Crippen LogP contribution is -2.46. The van der Waals surface area contributed by atoms with E-state index in [1.165, 1.54) is 6.07 Å².